The largest absolute Gasteiger partial charge is 0.457 e. The van der Waals surface area contributed by atoms with Crippen molar-refractivity contribution in [1.29, 1.82) is 0 Å². The third kappa shape index (κ3) is 4.69. The van der Waals surface area contributed by atoms with Crippen LogP contribution < -0.4 is 0 Å². The van der Waals surface area contributed by atoms with Crippen molar-refractivity contribution in [2.24, 2.45) is 0 Å². The molecule has 0 bridgehead atoms. The highest BCUT2D eigenvalue weighted by molar-refractivity contribution is 9.10. The average molecular weight is 301 g/mol. The lowest BCUT2D eigenvalue weighted by Gasteiger charge is -2.17. The lowest BCUT2D eigenvalue weighted by atomic mass is 10.2. The van der Waals surface area contributed by atoms with E-state index in [2.05, 4.69) is 15.9 Å². The van der Waals surface area contributed by atoms with Crippen LogP contribution in [0, 0.1) is 5.82 Å². The van der Waals surface area contributed by atoms with Crippen LogP contribution in [-0.2, 0) is 9.53 Å². The van der Waals surface area contributed by atoms with E-state index in [1.54, 1.807) is 32.9 Å². The summed E-state index contributed by atoms with van der Waals surface area (Å²) >= 11 is 3.11. The van der Waals surface area contributed by atoms with E-state index in [-0.39, 0.29) is 5.82 Å². The van der Waals surface area contributed by atoms with Crippen molar-refractivity contribution in [2.45, 2.75) is 26.4 Å². The fraction of sp³-hybridized carbons (Fsp3) is 0.308. The fourth-order valence-corrected chi connectivity index (χ4v) is 1.54. The van der Waals surface area contributed by atoms with Crippen LogP contribution in [-0.4, -0.2) is 11.6 Å². The summed E-state index contributed by atoms with van der Waals surface area (Å²) in [6.07, 6.45) is 2.80. The molecule has 0 N–H and O–H groups in total. The summed E-state index contributed by atoms with van der Waals surface area (Å²) in [5, 5.41) is 0. The van der Waals surface area contributed by atoms with Gasteiger partial charge in [-0.15, -0.1) is 0 Å². The Bertz CT molecular complexity index is 447. The predicted octanol–water partition coefficient (Wildman–Crippen LogP) is 3.94. The van der Waals surface area contributed by atoms with Crippen molar-refractivity contribution >= 4 is 28.0 Å². The number of carbonyl (C=O) groups excluding carboxylic acids is 1. The van der Waals surface area contributed by atoms with Gasteiger partial charge in [-0.2, -0.15) is 0 Å². The van der Waals surface area contributed by atoms with Gasteiger partial charge in [0.1, 0.15) is 11.4 Å². The lowest BCUT2D eigenvalue weighted by molar-refractivity contribution is -0.148. The molecule has 0 spiro atoms. The van der Waals surface area contributed by atoms with Crippen LogP contribution in [0.4, 0.5) is 4.39 Å². The Balaban J connectivity index is 2.78. The SMILES string of the molecule is CC(C)(C)OC(=O)/C=C/c1cccc(F)c1Br. The molecular formula is C13H14BrFO2. The Morgan fingerprint density at radius 2 is 2.06 bits per heavy atom. The van der Waals surface area contributed by atoms with E-state index < -0.39 is 11.6 Å². The van der Waals surface area contributed by atoms with Gasteiger partial charge < -0.3 is 4.74 Å². The smallest absolute Gasteiger partial charge is 0.331 e. The fourth-order valence-electron chi connectivity index (χ4n) is 1.14. The van der Waals surface area contributed by atoms with Crippen molar-refractivity contribution in [1.82, 2.24) is 0 Å². The minimum atomic E-state index is -0.527. The van der Waals surface area contributed by atoms with Crippen LogP contribution in [0.25, 0.3) is 6.08 Å². The Kier molecular flexibility index (Phi) is 4.46. The summed E-state index contributed by atoms with van der Waals surface area (Å²) in [5.41, 5.74) is 0.0662. The molecule has 1 aromatic carbocycles. The third-order valence-electron chi connectivity index (χ3n) is 1.79. The highest BCUT2D eigenvalue weighted by Crippen LogP contribution is 2.21. The number of esters is 1. The van der Waals surface area contributed by atoms with Crippen LogP contribution >= 0.6 is 15.9 Å². The van der Waals surface area contributed by atoms with Gasteiger partial charge in [0.25, 0.3) is 0 Å². The molecule has 2 nitrogen and oxygen atoms in total. The summed E-state index contributed by atoms with van der Waals surface area (Å²) in [5.74, 6) is -0.815. The summed E-state index contributed by atoms with van der Waals surface area (Å²) in [4.78, 5) is 11.4. The molecule has 0 radical (unpaired) electrons. The van der Waals surface area contributed by atoms with E-state index in [1.165, 1.54) is 18.2 Å². The van der Waals surface area contributed by atoms with Gasteiger partial charge in [0.15, 0.2) is 0 Å². The maximum absolute atomic E-state index is 13.2. The van der Waals surface area contributed by atoms with Gasteiger partial charge in [0.2, 0.25) is 0 Å². The zero-order valence-electron chi connectivity index (χ0n) is 9.96. The number of rotatable bonds is 2. The zero-order chi connectivity index (χ0) is 13.1. The molecule has 92 valence electrons. The van der Waals surface area contributed by atoms with Gasteiger partial charge in [-0.05, 0) is 54.4 Å². The minimum absolute atomic E-state index is 0.333. The van der Waals surface area contributed by atoms with E-state index in [9.17, 15) is 9.18 Å². The van der Waals surface area contributed by atoms with Crippen LogP contribution in [0.15, 0.2) is 28.7 Å². The molecule has 17 heavy (non-hydrogen) atoms. The molecular weight excluding hydrogens is 287 g/mol. The number of halogens is 2. The van der Waals surface area contributed by atoms with Gasteiger partial charge >= 0.3 is 5.97 Å². The van der Waals surface area contributed by atoms with E-state index in [4.69, 9.17) is 4.74 Å². The van der Waals surface area contributed by atoms with Crippen LogP contribution in [0.2, 0.25) is 0 Å². The molecule has 0 unspecified atom stereocenters. The quantitative estimate of drug-likeness (QED) is 0.611. The van der Waals surface area contributed by atoms with Gasteiger partial charge in [0.05, 0.1) is 4.47 Å². The summed E-state index contributed by atoms with van der Waals surface area (Å²) in [6, 6.07) is 4.62. The first-order valence-corrected chi connectivity index (χ1v) is 5.94. The maximum Gasteiger partial charge on any atom is 0.331 e. The van der Waals surface area contributed by atoms with Crippen molar-refractivity contribution in [3.05, 3.63) is 40.1 Å². The van der Waals surface area contributed by atoms with E-state index in [0.29, 0.717) is 10.0 Å². The average Bonchev–Trinajstić information content (AvgIpc) is 2.18. The molecule has 0 aliphatic rings. The summed E-state index contributed by atoms with van der Waals surface area (Å²) < 4.78 is 18.6. The van der Waals surface area contributed by atoms with Crippen molar-refractivity contribution in [3.8, 4) is 0 Å². The maximum atomic E-state index is 13.2. The molecule has 4 heteroatoms. The second-order valence-electron chi connectivity index (χ2n) is 4.51. The standard InChI is InChI=1S/C13H14BrFO2/c1-13(2,3)17-11(16)8-7-9-5-4-6-10(15)12(9)14/h4-8H,1-3H3/b8-7+. The molecule has 1 aromatic rings. The van der Waals surface area contributed by atoms with Crippen LogP contribution in [0.5, 0.6) is 0 Å². The second kappa shape index (κ2) is 5.45. The Labute approximate surface area is 109 Å². The highest BCUT2D eigenvalue weighted by Gasteiger charge is 2.14. The number of carbonyl (C=O) groups is 1. The van der Waals surface area contributed by atoms with Gasteiger partial charge in [-0.1, -0.05) is 12.1 Å². The van der Waals surface area contributed by atoms with E-state index in [0.717, 1.165) is 0 Å². The summed E-state index contributed by atoms with van der Waals surface area (Å²) in [7, 11) is 0. The topological polar surface area (TPSA) is 26.3 Å². The minimum Gasteiger partial charge on any atom is -0.457 e. The van der Waals surface area contributed by atoms with Crippen molar-refractivity contribution in [2.75, 3.05) is 0 Å². The number of ether oxygens (including phenoxy) is 1. The predicted molar refractivity (Wildman–Crippen MR) is 69.0 cm³/mol. The van der Waals surface area contributed by atoms with Gasteiger partial charge in [-0.3, -0.25) is 0 Å². The molecule has 0 atom stereocenters. The molecule has 0 amide bonds. The first kappa shape index (κ1) is 13.9. The summed E-state index contributed by atoms with van der Waals surface area (Å²) in [6.45, 7) is 5.37. The van der Waals surface area contributed by atoms with Crippen LogP contribution in [0.3, 0.4) is 0 Å². The Morgan fingerprint density at radius 1 is 1.41 bits per heavy atom. The molecule has 0 heterocycles. The molecule has 0 saturated heterocycles. The molecule has 1 rings (SSSR count). The Morgan fingerprint density at radius 3 is 2.65 bits per heavy atom. The monoisotopic (exact) mass is 300 g/mol. The third-order valence-corrected chi connectivity index (χ3v) is 2.62. The van der Waals surface area contributed by atoms with Crippen molar-refractivity contribution in [3.63, 3.8) is 0 Å². The molecule has 0 aliphatic carbocycles. The molecule has 0 aliphatic heterocycles. The van der Waals surface area contributed by atoms with E-state index >= 15 is 0 Å². The van der Waals surface area contributed by atoms with Crippen LogP contribution in [0.1, 0.15) is 26.3 Å². The number of benzene rings is 1. The highest BCUT2D eigenvalue weighted by atomic mass is 79.9. The normalized spacial score (nSPS) is 11.8. The molecule has 0 aromatic heterocycles. The molecule has 0 fully saturated rings. The Hall–Kier alpha value is -1.16. The lowest BCUT2D eigenvalue weighted by Crippen LogP contribution is -2.22. The van der Waals surface area contributed by atoms with Gasteiger partial charge in [0, 0.05) is 6.08 Å². The second-order valence-corrected chi connectivity index (χ2v) is 5.30. The zero-order valence-corrected chi connectivity index (χ0v) is 11.5. The van der Waals surface area contributed by atoms with Crippen molar-refractivity contribution < 1.29 is 13.9 Å². The first-order chi connectivity index (χ1) is 7.79. The molecule has 0 saturated carbocycles. The number of hydrogen-bond acceptors (Lipinski definition) is 2. The van der Waals surface area contributed by atoms with E-state index in [1.807, 2.05) is 0 Å². The number of hydrogen-bond donors (Lipinski definition) is 0. The van der Waals surface area contributed by atoms with Gasteiger partial charge in [-0.25, -0.2) is 9.18 Å². The first-order valence-electron chi connectivity index (χ1n) is 5.15.